The Bertz CT molecular complexity index is 1060. The number of hydrogen-bond donors (Lipinski definition) is 1. The number of allylic oxidation sites excluding steroid dienone is 1. The number of phenols is 1. The standard InChI is InChI=1S/C24H26ClNO5/c1-4-5-6-26(3)11-18-19(27)7-14(2)21-22(28)20(31-24(18)21)10-15-8-17(25)9-16-12-29-13-30-23(15)16/h7-10,27H,4-6,11-13H2,1-3H3/b20-10-. The van der Waals surface area contributed by atoms with Crippen LogP contribution in [-0.4, -0.2) is 36.2 Å². The van der Waals surface area contributed by atoms with Gasteiger partial charge in [-0.15, -0.1) is 0 Å². The molecule has 0 atom stereocenters. The molecule has 0 saturated heterocycles. The van der Waals surface area contributed by atoms with E-state index >= 15 is 0 Å². The summed E-state index contributed by atoms with van der Waals surface area (Å²) in [5.41, 5.74) is 3.27. The summed E-state index contributed by atoms with van der Waals surface area (Å²) in [6.07, 6.45) is 3.79. The summed E-state index contributed by atoms with van der Waals surface area (Å²) < 4.78 is 17.0. The zero-order valence-corrected chi connectivity index (χ0v) is 18.7. The quantitative estimate of drug-likeness (QED) is 0.629. The maximum atomic E-state index is 13.2. The van der Waals surface area contributed by atoms with Crippen molar-refractivity contribution in [1.82, 2.24) is 4.90 Å². The first kappa shape index (κ1) is 21.7. The van der Waals surface area contributed by atoms with Crippen molar-refractivity contribution in [3.63, 3.8) is 0 Å². The van der Waals surface area contributed by atoms with Gasteiger partial charge in [0.15, 0.2) is 12.6 Å². The minimum absolute atomic E-state index is 0.134. The van der Waals surface area contributed by atoms with E-state index in [2.05, 4.69) is 11.8 Å². The molecule has 6 nitrogen and oxygen atoms in total. The van der Waals surface area contributed by atoms with Crippen molar-refractivity contribution in [2.45, 2.75) is 39.8 Å². The maximum Gasteiger partial charge on any atom is 0.232 e. The monoisotopic (exact) mass is 443 g/mol. The van der Waals surface area contributed by atoms with Crippen LogP contribution in [0.2, 0.25) is 5.02 Å². The van der Waals surface area contributed by atoms with Gasteiger partial charge < -0.3 is 24.2 Å². The third-order valence-corrected chi connectivity index (χ3v) is 5.75. The Hall–Kier alpha value is -2.54. The lowest BCUT2D eigenvalue weighted by atomic mass is 9.99. The van der Waals surface area contributed by atoms with Crippen LogP contribution in [0.15, 0.2) is 24.0 Å². The fourth-order valence-corrected chi connectivity index (χ4v) is 4.22. The molecular formula is C24H26ClNO5. The number of hydrogen-bond acceptors (Lipinski definition) is 6. The summed E-state index contributed by atoms with van der Waals surface area (Å²) in [5, 5.41) is 11.1. The number of unbranched alkanes of at least 4 members (excludes halogenated alkanes) is 1. The fourth-order valence-electron chi connectivity index (χ4n) is 3.97. The van der Waals surface area contributed by atoms with E-state index in [1.807, 2.05) is 7.05 Å². The van der Waals surface area contributed by atoms with Crippen molar-refractivity contribution >= 4 is 23.5 Å². The second-order valence-corrected chi connectivity index (χ2v) is 8.46. The van der Waals surface area contributed by atoms with E-state index in [4.69, 9.17) is 25.8 Å². The Balaban J connectivity index is 1.72. The summed E-state index contributed by atoms with van der Waals surface area (Å²) >= 11 is 6.26. The molecule has 0 spiro atoms. The van der Waals surface area contributed by atoms with E-state index in [0.717, 1.165) is 24.9 Å². The minimum Gasteiger partial charge on any atom is -0.507 e. The Morgan fingerprint density at radius 2 is 2.06 bits per heavy atom. The van der Waals surface area contributed by atoms with Crippen LogP contribution in [0.1, 0.15) is 52.4 Å². The van der Waals surface area contributed by atoms with Gasteiger partial charge >= 0.3 is 0 Å². The third kappa shape index (κ3) is 4.28. The van der Waals surface area contributed by atoms with E-state index in [1.54, 1.807) is 31.2 Å². The Kier molecular flexibility index (Phi) is 6.23. The number of ketones is 1. The second kappa shape index (κ2) is 8.91. The summed E-state index contributed by atoms with van der Waals surface area (Å²) in [5.74, 6) is 1.16. The summed E-state index contributed by atoms with van der Waals surface area (Å²) in [6.45, 7) is 5.85. The number of Topliss-reactive ketones (excluding diaryl/α,β-unsaturated/α-hetero) is 1. The van der Waals surface area contributed by atoms with Gasteiger partial charge in [-0.05, 0) is 56.8 Å². The van der Waals surface area contributed by atoms with Gasteiger partial charge in [-0.1, -0.05) is 24.9 Å². The van der Waals surface area contributed by atoms with Gasteiger partial charge in [-0.25, -0.2) is 0 Å². The molecule has 0 amide bonds. The molecule has 2 heterocycles. The molecule has 0 unspecified atom stereocenters. The largest absolute Gasteiger partial charge is 0.507 e. The molecule has 7 heteroatoms. The highest BCUT2D eigenvalue weighted by molar-refractivity contribution is 6.31. The molecule has 1 N–H and O–H groups in total. The number of benzene rings is 2. The molecule has 164 valence electrons. The number of rotatable bonds is 6. The van der Waals surface area contributed by atoms with E-state index in [1.165, 1.54) is 0 Å². The predicted molar refractivity (Wildman–Crippen MR) is 119 cm³/mol. The average Bonchev–Trinajstić information content (AvgIpc) is 3.06. The first-order chi connectivity index (χ1) is 14.9. The Morgan fingerprint density at radius 1 is 1.26 bits per heavy atom. The van der Waals surface area contributed by atoms with E-state index < -0.39 is 0 Å². The molecule has 0 fully saturated rings. The highest BCUT2D eigenvalue weighted by atomic mass is 35.5. The number of fused-ring (bicyclic) bond motifs is 2. The normalized spacial score (nSPS) is 16.3. The molecular weight excluding hydrogens is 418 g/mol. The lowest BCUT2D eigenvalue weighted by Gasteiger charge is -2.20. The predicted octanol–water partition coefficient (Wildman–Crippen LogP) is 5.07. The number of carbonyl (C=O) groups excluding carboxylic acids is 1. The third-order valence-electron chi connectivity index (χ3n) is 5.53. The molecule has 2 aromatic rings. The zero-order valence-electron chi connectivity index (χ0n) is 18.0. The van der Waals surface area contributed by atoms with Gasteiger partial charge in [0, 0.05) is 22.7 Å². The summed E-state index contributed by atoms with van der Waals surface area (Å²) in [4.78, 5) is 15.3. The van der Waals surface area contributed by atoms with Crippen LogP contribution in [0.5, 0.6) is 17.2 Å². The van der Waals surface area contributed by atoms with Crippen molar-refractivity contribution in [2.75, 3.05) is 20.4 Å². The van der Waals surface area contributed by atoms with Crippen LogP contribution < -0.4 is 9.47 Å². The number of halogens is 1. The molecule has 0 aliphatic carbocycles. The molecule has 0 radical (unpaired) electrons. The maximum absolute atomic E-state index is 13.2. The molecule has 2 aliphatic heterocycles. The number of aromatic hydroxyl groups is 1. The van der Waals surface area contributed by atoms with Crippen LogP contribution >= 0.6 is 11.6 Å². The number of nitrogens with zero attached hydrogens (tertiary/aromatic N) is 1. The molecule has 0 aromatic heterocycles. The second-order valence-electron chi connectivity index (χ2n) is 8.02. The average molecular weight is 444 g/mol. The highest BCUT2D eigenvalue weighted by Gasteiger charge is 2.34. The van der Waals surface area contributed by atoms with Crippen LogP contribution in [0, 0.1) is 6.92 Å². The topological polar surface area (TPSA) is 68.2 Å². The van der Waals surface area contributed by atoms with Gasteiger partial charge in [0.2, 0.25) is 5.78 Å². The SMILES string of the molecule is CCCCN(C)Cc1c(O)cc(C)c2c1O/C(=C\c1cc(Cl)cc3c1OCOC3)C2=O. The van der Waals surface area contributed by atoms with Crippen LogP contribution in [0.3, 0.4) is 0 Å². The molecule has 4 rings (SSSR count). The van der Waals surface area contributed by atoms with Gasteiger partial charge in [-0.2, -0.15) is 0 Å². The summed E-state index contributed by atoms with van der Waals surface area (Å²) in [7, 11) is 1.99. The van der Waals surface area contributed by atoms with E-state index in [0.29, 0.717) is 51.9 Å². The van der Waals surface area contributed by atoms with Crippen molar-refractivity contribution in [1.29, 1.82) is 0 Å². The first-order valence-electron chi connectivity index (χ1n) is 10.4. The van der Waals surface area contributed by atoms with Crippen molar-refractivity contribution in [2.24, 2.45) is 0 Å². The van der Waals surface area contributed by atoms with Crippen molar-refractivity contribution in [3.05, 3.63) is 56.8 Å². The van der Waals surface area contributed by atoms with E-state index in [-0.39, 0.29) is 24.1 Å². The van der Waals surface area contributed by atoms with Crippen LogP contribution in [0.25, 0.3) is 6.08 Å². The fraction of sp³-hybridized carbons (Fsp3) is 0.375. The number of phenolic OH excluding ortho intramolecular Hbond substituents is 1. The summed E-state index contributed by atoms with van der Waals surface area (Å²) in [6, 6.07) is 5.16. The molecule has 31 heavy (non-hydrogen) atoms. The van der Waals surface area contributed by atoms with Crippen LogP contribution in [-0.2, 0) is 17.9 Å². The smallest absolute Gasteiger partial charge is 0.232 e. The highest BCUT2D eigenvalue weighted by Crippen LogP contribution is 2.43. The van der Waals surface area contributed by atoms with Gasteiger partial charge in [0.05, 0.1) is 17.7 Å². The lowest BCUT2D eigenvalue weighted by molar-refractivity contribution is -0.0165. The Labute approximate surface area is 187 Å². The zero-order chi connectivity index (χ0) is 22.1. The molecule has 0 saturated carbocycles. The lowest BCUT2D eigenvalue weighted by Crippen LogP contribution is -2.19. The molecule has 2 aliphatic rings. The van der Waals surface area contributed by atoms with Crippen LogP contribution in [0.4, 0.5) is 0 Å². The van der Waals surface area contributed by atoms with Gasteiger partial charge in [0.1, 0.15) is 17.2 Å². The van der Waals surface area contributed by atoms with Crippen molar-refractivity contribution < 1.29 is 24.1 Å². The number of ether oxygens (including phenoxy) is 3. The number of carbonyl (C=O) groups is 1. The minimum atomic E-state index is -0.217. The molecule has 0 bridgehead atoms. The number of aryl methyl sites for hydroxylation is 1. The van der Waals surface area contributed by atoms with Gasteiger partial charge in [0.25, 0.3) is 0 Å². The van der Waals surface area contributed by atoms with Crippen molar-refractivity contribution in [3.8, 4) is 17.2 Å². The Morgan fingerprint density at radius 3 is 2.84 bits per heavy atom. The molecule has 2 aromatic carbocycles. The van der Waals surface area contributed by atoms with E-state index in [9.17, 15) is 9.90 Å². The van der Waals surface area contributed by atoms with Gasteiger partial charge in [-0.3, -0.25) is 4.79 Å². The first-order valence-corrected chi connectivity index (χ1v) is 10.8.